The van der Waals surface area contributed by atoms with Crippen LogP contribution >= 0.6 is 0 Å². The van der Waals surface area contributed by atoms with Crippen molar-refractivity contribution in [3.05, 3.63) is 71.4 Å². The Morgan fingerprint density at radius 1 is 1.04 bits per heavy atom. The lowest BCUT2D eigenvalue weighted by atomic mass is 10.0. The maximum atomic E-state index is 5.97. The van der Waals surface area contributed by atoms with Crippen LogP contribution in [0.4, 0.5) is 5.95 Å². The van der Waals surface area contributed by atoms with Gasteiger partial charge in [0.05, 0.1) is 18.1 Å². The number of nitrogen functional groups attached to an aromatic ring is 1. The number of anilines is 1. The van der Waals surface area contributed by atoms with E-state index in [9.17, 15) is 0 Å². The molecule has 0 unspecified atom stereocenters. The van der Waals surface area contributed by atoms with Gasteiger partial charge in [0.1, 0.15) is 0 Å². The maximum absolute atomic E-state index is 5.97. The van der Waals surface area contributed by atoms with Gasteiger partial charge in [0.25, 0.3) is 0 Å². The number of nitrogens with zero attached hydrogens (tertiary/aromatic N) is 3. The first-order valence-electron chi connectivity index (χ1n) is 8.09. The largest absolute Gasteiger partial charge is 0.368 e. The smallest absolute Gasteiger partial charge is 0.221 e. The quantitative estimate of drug-likeness (QED) is 0.723. The minimum Gasteiger partial charge on any atom is -0.368 e. The molecule has 122 valence electrons. The summed E-state index contributed by atoms with van der Waals surface area (Å²) in [5.41, 5.74) is 11.4. The van der Waals surface area contributed by atoms with E-state index in [-0.39, 0.29) is 0 Å². The average Bonchev–Trinajstić information content (AvgIpc) is 2.95. The molecular weight excluding hydrogens is 296 g/mol. The number of aryl methyl sites for hydroxylation is 1. The van der Waals surface area contributed by atoms with E-state index in [0.29, 0.717) is 11.9 Å². The highest BCUT2D eigenvalue weighted by atomic mass is 15.4. The van der Waals surface area contributed by atoms with Crippen molar-refractivity contribution in [2.24, 2.45) is 5.10 Å². The van der Waals surface area contributed by atoms with Crippen LogP contribution in [0.3, 0.4) is 0 Å². The molecule has 0 radical (unpaired) electrons. The molecule has 0 aliphatic carbocycles. The monoisotopic (exact) mass is 318 g/mol. The first-order valence-corrected chi connectivity index (χ1v) is 8.09. The fourth-order valence-electron chi connectivity index (χ4n) is 2.49. The average molecular weight is 318 g/mol. The molecule has 0 amide bonds. The summed E-state index contributed by atoms with van der Waals surface area (Å²) in [6, 6.07) is 16.6. The molecule has 2 aromatic carbocycles. The Morgan fingerprint density at radius 3 is 2.33 bits per heavy atom. The molecule has 0 bridgehead atoms. The lowest BCUT2D eigenvalue weighted by Crippen LogP contribution is -2.00. The third kappa shape index (κ3) is 3.38. The summed E-state index contributed by atoms with van der Waals surface area (Å²) in [6.07, 6.45) is 3.55. The van der Waals surface area contributed by atoms with Crippen molar-refractivity contribution >= 4 is 12.2 Å². The lowest BCUT2D eigenvalue weighted by molar-refractivity contribution is 0.866. The van der Waals surface area contributed by atoms with Crippen molar-refractivity contribution in [3.63, 3.8) is 0 Å². The van der Waals surface area contributed by atoms with Crippen LogP contribution in [0.25, 0.3) is 11.3 Å². The van der Waals surface area contributed by atoms with Crippen LogP contribution < -0.4 is 5.73 Å². The van der Waals surface area contributed by atoms with E-state index < -0.39 is 0 Å². The van der Waals surface area contributed by atoms with Gasteiger partial charge in [-0.25, -0.2) is 4.98 Å². The molecule has 0 saturated heterocycles. The van der Waals surface area contributed by atoms with E-state index in [1.165, 1.54) is 11.1 Å². The highest BCUT2D eigenvalue weighted by Crippen LogP contribution is 2.22. The standard InChI is InChI=1S/C20H22N4/c1-14(2)17-10-6-16(7-11-17)12-23-24-19(13-22-20(24)21)18-8-4-15(3)5-9-18/h4-14H,1-3H3,(H2,21,22). The Hall–Kier alpha value is -2.88. The summed E-state index contributed by atoms with van der Waals surface area (Å²) in [5, 5.41) is 4.51. The van der Waals surface area contributed by atoms with E-state index in [1.54, 1.807) is 17.1 Å². The molecule has 0 atom stereocenters. The van der Waals surface area contributed by atoms with Crippen molar-refractivity contribution < 1.29 is 0 Å². The fraction of sp³-hybridized carbons (Fsp3) is 0.200. The Morgan fingerprint density at radius 2 is 1.71 bits per heavy atom. The molecule has 0 aliphatic rings. The Bertz CT molecular complexity index is 840. The second-order valence-corrected chi connectivity index (χ2v) is 6.25. The van der Waals surface area contributed by atoms with Crippen LogP contribution in [0.5, 0.6) is 0 Å². The maximum Gasteiger partial charge on any atom is 0.221 e. The third-order valence-electron chi connectivity index (χ3n) is 4.04. The van der Waals surface area contributed by atoms with Crippen LogP contribution in [0.15, 0.2) is 59.8 Å². The van der Waals surface area contributed by atoms with Crippen LogP contribution in [0, 0.1) is 6.92 Å². The summed E-state index contributed by atoms with van der Waals surface area (Å²) in [7, 11) is 0. The molecule has 3 aromatic rings. The van der Waals surface area contributed by atoms with Gasteiger partial charge < -0.3 is 5.73 Å². The van der Waals surface area contributed by atoms with Gasteiger partial charge in [-0.2, -0.15) is 9.78 Å². The molecule has 1 aromatic heterocycles. The number of nitrogens with two attached hydrogens (primary N) is 1. The molecular formula is C20H22N4. The van der Waals surface area contributed by atoms with E-state index in [4.69, 9.17) is 5.73 Å². The fourth-order valence-corrected chi connectivity index (χ4v) is 2.49. The summed E-state index contributed by atoms with van der Waals surface area (Å²) in [6.45, 7) is 6.43. The van der Waals surface area contributed by atoms with Gasteiger partial charge in [-0.15, -0.1) is 0 Å². The zero-order valence-corrected chi connectivity index (χ0v) is 14.3. The van der Waals surface area contributed by atoms with Gasteiger partial charge >= 0.3 is 0 Å². The Labute approximate surface area is 142 Å². The second kappa shape index (κ2) is 6.71. The molecule has 0 saturated carbocycles. The van der Waals surface area contributed by atoms with Crippen molar-refractivity contribution in [3.8, 4) is 11.3 Å². The van der Waals surface area contributed by atoms with Crippen LogP contribution in [-0.2, 0) is 0 Å². The van der Waals surface area contributed by atoms with Gasteiger partial charge in [-0.05, 0) is 24.0 Å². The molecule has 1 heterocycles. The SMILES string of the molecule is Cc1ccc(-c2cnc(N)n2N=Cc2ccc(C(C)C)cc2)cc1. The Kier molecular flexibility index (Phi) is 4.47. The Balaban J connectivity index is 1.89. The molecule has 2 N–H and O–H groups in total. The number of hydrogen-bond donors (Lipinski definition) is 1. The van der Waals surface area contributed by atoms with E-state index in [2.05, 4.69) is 79.4 Å². The predicted molar refractivity (Wildman–Crippen MR) is 100 cm³/mol. The van der Waals surface area contributed by atoms with Gasteiger partial charge in [0, 0.05) is 5.56 Å². The molecule has 0 aliphatic heterocycles. The van der Waals surface area contributed by atoms with Gasteiger partial charge in [0.2, 0.25) is 5.95 Å². The number of hydrogen-bond acceptors (Lipinski definition) is 3. The highest BCUT2D eigenvalue weighted by molar-refractivity contribution is 5.80. The first-order chi connectivity index (χ1) is 11.5. The van der Waals surface area contributed by atoms with Gasteiger partial charge in [-0.3, -0.25) is 0 Å². The first kappa shape index (κ1) is 16.0. The zero-order valence-electron chi connectivity index (χ0n) is 14.3. The van der Waals surface area contributed by atoms with E-state index in [0.717, 1.165) is 16.8 Å². The van der Waals surface area contributed by atoms with Gasteiger partial charge in [-0.1, -0.05) is 67.9 Å². The molecule has 0 fully saturated rings. The molecule has 4 nitrogen and oxygen atoms in total. The summed E-state index contributed by atoms with van der Waals surface area (Å²) < 4.78 is 1.67. The summed E-state index contributed by atoms with van der Waals surface area (Å²) in [4.78, 5) is 4.19. The van der Waals surface area contributed by atoms with Crippen molar-refractivity contribution in [2.45, 2.75) is 26.7 Å². The topological polar surface area (TPSA) is 56.2 Å². The summed E-state index contributed by atoms with van der Waals surface area (Å²) >= 11 is 0. The molecule has 24 heavy (non-hydrogen) atoms. The zero-order chi connectivity index (χ0) is 17.1. The van der Waals surface area contributed by atoms with Crippen LogP contribution in [-0.4, -0.2) is 15.9 Å². The van der Waals surface area contributed by atoms with Crippen molar-refractivity contribution in [2.75, 3.05) is 5.73 Å². The highest BCUT2D eigenvalue weighted by Gasteiger charge is 2.08. The molecule has 0 spiro atoms. The number of aromatic nitrogens is 2. The van der Waals surface area contributed by atoms with E-state index >= 15 is 0 Å². The van der Waals surface area contributed by atoms with E-state index in [1.807, 2.05) is 0 Å². The third-order valence-corrected chi connectivity index (χ3v) is 4.04. The predicted octanol–water partition coefficient (Wildman–Crippen LogP) is 4.45. The molecule has 4 heteroatoms. The number of benzene rings is 2. The summed E-state index contributed by atoms with van der Waals surface area (Å²) in [5.74, 6) is 0.897. The van der Waals surface area contributed by atoms with Crippen LogP contribution in [0.1, 0.15) is 36.5 Å². The lowest BCUT2D eigenvalue weighted by Gasteiger charge is -2.06. The number of rotatable bonds is 4. The van der Waals surface area contributed by atoms with Crippen molar-refractivity contribution in [1.82, 2.24) is 9.66 Å². The number of imidazole rings is 1. The molecule has 3 rings (SSSR count). The van der Waals surface area contributed by atoms with Crippen LogP contribution in [0.2, 0.25) is 0 Å². The minimum atomic E-state index is 0.376. The second-order valence-electron chi connectivity index (χ2n) is 6.25. The van der Waals surface area contributed by atoms with Gasteiger partial charge in [0.15, 0.2) is 0 Å². The normalized spacial score (nSPS) is 11.5. The van der Waals surface area contributed by atoms with Crippen molar-refractivity contribution in [1.29, 1.82) is 0 Å². The minimum absolute atomic E-state index is 0.376.